The third-order valence-electron chi connectivity index (χ3n) is 7.01. The Balaban J connectivity index is 1.28. The maximum Gasteiger partial charge on any atom is 0.275 e. The van der Waals surface area contributed by atoms with E-state index < -0.39 is 11.9 Å². The number of hydrogen-bond acceptors (Lipinski definition) is 5. The van der Waals surface area contributed by atoms with E-state index in [-0.39, 0.29) is 41.9 Å². The van der Waals surface area contributed by atoms with Crippen molar-refractivity contribution < 1.29 is 18.7 Å². The van der Waals surface area contributed by atoms with E-state index in [1.165, 1.54) is 15.9 Å². The molecular weight excluding hydrogens is 511 g/mol. The zero-order valence-electron chi connectivity index (χ0n) is 20.8. The van der Waals surface area contributed by atoms with Crippen molar-refractivity contribution in [2.24, 2.45) is 7.05 Å². The van der Waals surface area contributed by atoms with Crippen LogP contribution in [0.4, 0.5) is 10.1 Å². The van der Waals surface area contributed by atoms with Crippen molar-refractivity contribution in [3.63, 3.8) is 0 Å². The molecule has 0 unspecified atom stereocenters. The molecule has 9 nitrogen and oxygen atoms in total. The van der Waals surface area contributed by atoms with Gasteiger partial charge in [-0.1, -0.05) is 41.9 Å². The molecule has 2 aromatic heterocycles. The summed E-state index contributed by atoms with van der Waals surface area (Å²) < 4.78 is 24.3. The average molecular weight is 535 g/mol. The molecule has 0 spiro atoms. The van der Waals surface area contributed by atoms with Crippen molar-refractivity contribution in [1.29, 1.82) is 0 Å². The van der Waals surface area contributed by atoms with Gasteiger partial charge in [-0.25, -0.2) is 9.07 Å². The largest absolute Gasteiger partial charge is 0.489 e. The summed E-state index contributed by atoms with van der Waals surface area (Å²) >= 11 is 6.60. The maximum absolute atomic E-state index is 15.1. The van der Waals surface area contributed by atoms with Gasteiger partial charge in [0.05, 0.1) is 17.9 Å². The Labute approximate surface area is 223 Å². The molecule has 0 N–H and O–H groups in total. The zero-order valence-corrected chi connectivity index (χ0v) is 21.5. The molecule has 0 radical (unpaired) electrons. The molecule has 2 amide bonds. The number of rotatable bonds is 4. The first-order valence-corrected chi connectivity index (χ1v) is 12.5. The van der Waals surface area contributed by atoms with Crippen LogP contribution in [0.1, 0.15) is 21.6 Å². The molecule has 0 fully saturated rings. The summed E-state index contributed by atoms with van der Waals surface area (Å²) in [6.45, 7) is 0.622. The number of amides is 2. The van der Waals surface area contributed by atoms with Crippen molar-refractivity contribution in [1.82, 2.24) is 24.5 Å². The molecular formula is C27H24ClFN6O3. The first kappa shape index (κ1) is 24.2. The Morgan fingerprint density at radius 1 is 1.11 bits per heavy atom. The number of aromatic nitrogens is 4. The van der Waals surface area contributed by atoms with E-state index in [2.05, 4.69) is 10.2 Å². The number of halogens is 2. The minimum Gasteiger partial charge on any atom is -0.489 e. The van der Waals surface area contributed by atoms with E-state index in [9.17, 15) is 9.59 Å². The molecule has 0 bridgehead atoms. The van der Waals surface area contributed by atoms with Crippen molar-refractivity contribution in [3.05, 3.63) is 82.5 Å². The van der Waals surface area contributed by atoms with Crippen molar-refractivity contribution in [2.45, 2.75) is 19.0 Å². The molecule has 4 aromatic rings. The summed E-state index contributed by atoms with van der Waals surface area (Å²) in [5.41, 5.74) is 2.91. The third-order valence-corrected chi connectivity index (χ3v) is 7.43. The van der Waals surface area contributed by atoms with Gasteiger partial charge in [-0.05, 0) is 24.1 Å². The lowest BCUT2D eigenvalue weighted by Gasteiger charge is -2.33. The van der Waals surface area contributed by atoms with Crippen LogP contribution < -0.4 is 9.64 Å². The molecule has 11 heteroatoms. The fourth-order valence-electron chi connectivity index (χ4n) is 4.98. The molecule has 2 aromatic carbocycles. The molecule has 6 rings (SSSR count). The van der Waals surface area contributed by atoms with Gasteiger partial charge in [0, 0.05) is 44.0 Å². The molecule has 194 valence electrons. The summed E-state index contributed by atoms with van der Waals surface area (Å²) in [6, 6.07) is 13.3. The lowest BCUT2D eigenvalue weighted by atomic mass is 10.0. The Kier molecular flexibility index (Phi) is 5.91. The van der Waals surface area contributed by atoms with Gasteiger partial charge in [-0.15, -0.1) is 0 Å². The van der Waals surface area contributed by atoms with Crippen LogP contribution in [0, 0.1) is 5.82 Å². The van der Waals surface area contributed by atoms with Gasteiger partial charge in [-0.3, -0.25) is 14.3 Å². The number of hydrogen-bond donors (Lipinski definition) is 0. The lowest BCUT2D eigenvalue weighted by molar-refractivity contribution is -0.123. The Morgan fingerprint density at radius 2 is 1.89 bits per heavy atom. The smallest absolute Gasteiger partial charge is 0.275 e. The predicted octanol–water partition coefficient (Wildman–Crippen LogP) is 3.55. The van der Waals surface area contributed by atoms with Crippen LogP contribution in [0.3, 0.4) is 0 Å². The molecule has 1 atom stereocenters. The zero-order chi connectivity index (χ0) is 26.6. The van der Waals surface area contributed by atoms with Crippen molar-refractivity contribution >= 4 is 29.1 Å². The number of nitrogens with zero attached hydrogens (tertiary/aromatic N) is 6. The highest BCUT2D eigenvalue weighted by molar-refractivity contribution is 6.31. The van der Waals surface area contributed by atoms with Crippen LogP contribution in [0.2, 0.25) is 5.15 Å². The van der Waals surface area contributed by atoms with Gasteiger partial charge in [0.15, 0.2) is 5.69 Å². The van der Waals surface area contributed by atoms with Crippen molar-refractivity contribution in [2.75, 3.05) is 25.1 Å². The van der Waals surface area contributed by atoms with E-state index in [4.69, 9.17) is 16.3 Å². The molecule has 0 saturated heterocycles. The van der Waals surface area contributed by atoms with E-state index in [0.29, 0.717) is 35.1 Å². The third kappa shape index (κ3) is 4.01. The highest BCUT2D eigenvalue weighted by atomic mass is 35.5. The fraction of sp³-hybridized carbons (Fsp3) is 0.259. The molecule has 2 aliphatic rings. The first-order chi connectivity index (χ1) is 18.3. The summed E-state index contributed by atoms with van der Waals surface area (Å²) in [6.07, 6.45) is 2.17. The minimum atomic E-state index is -0.910. The van der Waals surface area contributed by atoms with Gasteiger partial charge in [0.25, 0.3) is 11.8 Å². The first-order valence-electron chi connectivity index (χ1n) is 12.2. The highest BCUT2D eigenvalue weighted by Crippen LogP contribution is 2.38. The average Bonchev–Trinajstić information content (AvgIpc) is 3.45. The number of carbonyl (C=O) groups is 2. The second kappa shape index (κ2) is 9.29. The molecule has 2 aliphatic heterocycles. The second-order valence-electron chi connectivity index (χ2n) is 9.41. The van der Waals surface area contributed by atoms with Crippen LogP contribution in [-0.4, -0.2) is 62.5 Å². The Hall–Kier alpha value is -4.18. The van der Waals surface area contributed by atoms with Crippen LogP contribution in [0.25, 0.3) is 11.3 Å². The quantitative estimate of drug-likeness (QED) is 0.400. The van der Waals surface area contributed by atoms with Gasteiger partial charge in [-0.2, -0.15) is 10.2 Å². The summed E-state index contributed by atoms with van der Waals surface area (Å²) in [5.74, 6) is -0.950. The van der Waals surface area contributed by atoms with E-state index in [1.54, 1.807) is 41.8 Å². The number of carbonyl (C=O) groups excluding carboxylic acids is 2. The van der Waals surface area contributed by atoms with Gasteiger partial charge in [0.1, 0.15) is 29.4 Å². The number of aryl methyl sites for hydroxylation is 1. The van der Waals surface area contributed by atoms with E-state index >= 15 is 4.39 Å². The minimum absolute atomic E-state index is 0.0804. The fourth-order valence-corrected chi connectivity index (χ4v) is 5.26. The number of likely N-dealkylation sites (N-methyl/N-ethyl adjacent to an activating group) is 1. The molecule has 0 saturated carbocycles. The van der Waals surface area contributed by atoms with Gasteiger partial charge < -0.3 is 14.5 Å². The lowest BCUT2D eigenvalue weighted by Crippen LogP contribution is -2.54. The topological polar surface area (TPSA) is 85.5 Å². The van der Waals surface area contributed by atoms with Crippen LogP contribution in [0.15, 0.2) is 54.7 Å². The Bertz CT molecular complexity index is 1570. The predicted molar refractivity (Wildman–Crippen MR) is 139 cm³/mol. The second-order valence-corrected chi connectivity index (χ2v) is 9.77. The summed E-state index contributed by atoms with van der Waals surface area (Å²) in [5, 5.41) is 9.20. The Morgan fingerprint density at radius 3 is 2.63 bits per heavy atom. The van der Waals surface area contributed by atoms with Crippen LogP contribution in [-0.2, 0) is 24.8 Å². The van der Waals surface area contributed by atoms with E-state index in [1.807, 2.05) is 30.3 Å². The molecule has 4 heterocycles. The number of fused-ring (bicyclic) bond motifs is 2. The SMILES string of the molecule is CN1C(=O)[C@@H](N2CCc3c(nn(Cc4ccccc4)c3Cl)C2=O)COc2cc(-c3ccn(C)n3)c(F)cc21. The highest BCUT2D eigenvalue weighted by Gasteiger charge is 2.41. The monoisotopic (exact) mass is 534 g/mol. The number of ether oxygens (including phenoxy) is 1. The number of anilines is 1. The summed E-state index contributed by atoms with van der Waals surface area (Å²) in [7, 11) is 3.30. The van der Waals surface area contributed by atoms with Crippen molar-refractivity contribution in [3.8, 4) is 17.0 Å². The number of benzene rings is 2. The van der Waals surface area contributed by atoms with Gasteiger partial charge >= 0.3 is 0 Å². The van der Waals surface area contributed by atoms with E-state index in [0.717, 1.165) is 5.56 Å². The molecule has 38 heavy (non-hydrogen) atoms. The normalized spacial score (nSPS) is 17.2. The molecule has 0 aliphatic carbocycles. The maximum atomic E-state index is 15.1. The standard InChI is InChI=1S/C27H24ClFN6O3/c1-32-10-9-20(30-32)18-12-23-21(13-19(18)29)33(2)26(36)22(15-38-23)34-11-8-17-24(27(34)37)31-35(25(17)28)14-16-6-4-3-5-7-16/h3-7,9-10,12-13,22H,8,11,14-15H2,1-2H3/t22-/m0/s1. The van der Waals surface area contributed by atoms with Crippen LogP contribution >= 0.6 is 11.6 Å². The summed E-state index contributed by atoms with van der Waals surface area (Å²) in [4.78, 5) is 29.9. The van der Waals surface area contributed by atoms with Gasteiger partial charge in [0.2, 0.25) is 0 Å². The van der Waals surface area contributed by atoms with Crippen LogP contribution in [0.5, 0.6) is 5.75 Å².